The highest BCUT2D eigenvalue weighted by Gasteiger charge is 2.27. The number of nitrogens with zero attached hydrogens (tertiary/aromatic N) is 3. The van der Waals surface area contributed by atoms with Crippen molar-refractivity contribution < 1.29 is 4.52 Å². The molecular formula is C12H19N5OS. The van der Waals surface area contributed by atoms with Gasteiger partial charge >= 0.3 is 0 Å². The number of aromatic nitrogens is 3. The quantitative estimate of drug-likeness (QED) is 0.837. The van der Waals surface area contributed by atoms with E-state index in [2.05, 4.69) is 39.7 Å². The van der Waals surface area contributed by atoms with E-state index in [0.29, 0.717) is 18.3 Å². The van der Waals surface area contributed by atoms with Crippen molar-refractivity contribution in [3.8, 4) is 0 Å². The molecule has 0 amide bonds. The Morgan fingerprint density at radius 2 is 2.26 bits per heavy atom. The largest absolute Gasteiger partial charge is 0.338 e. The molecule has 0 aliphatic heterocycles. The van der Waals surface area contributed by atoms with Gasteiger partial charge in [-0.05, 0) is 20.3 Å². The Morgan fingerprint density at radius 3 is 2.79 bits per heavy atom. The molecule has 2 heterocycles. The van der Waals surface area contributed by atoms with Crippen molar-refractivity contribution in [2.24, 2.45) is 5.73 Å². The van der Waals surface area contributed by atoms with Gasteiger partial charge in [-0.25, -0.2) is 4.98 Å². The second-order valence-corrected chi connectivity index (χ2v) is 5.50. The van der Waals surface area contributed by atoms with E-state index < -0.39 is 0 Å². The Hall–Kier alpha value is -1.31. The minimum Gasteiger partial charge on any atom is -0.338 e. The fraction of sp³-hybridized carbons (Fsp3) is 0.583. The topological polar surface area (TPSA) is 89.9 Å². The molecule has 1 atom stereocenters. The SMILES string of the molecule is CCC(C)(NCc1noc(CN)n1)c1nc(C)cs1. The van der Waals surface area contributed by atoms with Crippen LogP contribution in [0.15, 0.2) is 9.90 Å². The Bertz CT molecular complexity index is 538. The highest BCUT2D eigenvalue weighted by molar-refractivity contribution is 7.09. The third-order valence-corrected chi connectivity index (χ3v) is 4.34. The molecule has 19 heavy (non-hydrogen) atoms. The van der Waals surface area contributed by atoms with E-state index in [1.165, 1.54) is 0 Å². The van der Waals surface area contributed by atoms with Crippen molar-refractivity contribution in [1.29, 1.82) is 0 Å². The molecule has 104 valence electrons. The Morgan fingerprint density at radius 1 is 1.47 bits per heavy atom. The Labute approximate surface area is 116 Å². The molecule has 0 aliphatic rings. The predicted molar refractivity (Wildman–Crippen MR) is 73.5 cm³/mol. The summed E-state index contributed by atoms with van der Waals surface area (Å²) < 4.78 is 4.98. The summed E-state index contributed by atoms with van der Waals surface area (Å²) in [6.07, 6.45) is 0.932. The van der Waals surface area contributed by atoms with Gasteiger partial charge in [-0.2, -0.15) is 4.98 Å². The third-order valence-electron chi connectivity index (χ3n) is 3.12. The molecule has 2 aromatic rings. The molecule has 2 rings (SSSR count). The van der Waals surface area contributed by atoms with Gasteiger partial charge in [0.1, 0.15) is 5.01 Å². The Kier molecular flexibility index (Phi) is 4.28. The third kappa shape index (κ3) is 3.17. The lowest BCUT2D eigenvalue weighted by Gasteiger charge is -2.26. The molecular weight excluding hydrogens is 262 g/mol. The number of hydrogen-bond donors (Lipinski definition) is 2. The maximum atomic E-state index is 5.44. The number of nitrogens with two attached hydrogens (primary N) is 1. The zero-order valence-corrected chi connectivity index (χ0v) is 12.3. The average molecular weight is 281 g/mol. The number of nitrogens with one attached hydrogen (secondary N) is 1. The molecule has 7 heteroatoms. The van der Waals surface area contributed by atoms with Gasteiger partial charge in [-0.15, -0.1) is 11.3 Å². The molecule has 2 aromatic heterocycles. The zero-order valence-electron chi connectivity index (χ0n) is 11.4. The minimum absolute atomic E-state index is 0.178. The van der Waals surface area contributed by atoms with Crippen LogP contribution in [-0.2, 0) is 18.6 Å². The molecule has 0 bridgehead atoms. The van der Waals surface area contributed by atoms with Crippen LogP contribution in [0, 0.1) is 6.92 Å². The maximum absolute atomic E-state index is 5.44. The van der Waals surface area contributed by atoms with Crippen molar-refractivity contribution in [2.75, 3.05) is 0 Å². The molecule has 0 aromatic carbocycles. The van der Waals surface area contributed by atoms with Crippen LogP contribution >= 0.6 is 11.3 Å². The highest BCUT2D eigenvalue weighted by atomic mass is 32.1. The van der Waals surface area contributed by atoms with Gasteiger partial charge in [-0.3, -0.25) is 5.32 Å². The number of aryl methyl sites for hydroxylation is 1. The van der Waals surface area contributed by atoms with E-state index in [4.69, 9.17) is 10.3 Å². The first kappa shape index (κ1) is 14.1. The van der Waals surface area contributed by atoms with Crippen LogP contribution in [0.25, 0.3) is 0 Å². The van der Waals surface area contributed by atoms with E-state index >= 15 is 0 Å². The summed E-state index contributed by atoms with van der Waals surface area (Å²) in [4.78, 5) is 8.74. The monoisotopic (exact) mass is 281 g/mol. The van der Waals surface area contributed by atoms with Crippen LogP contribution in [0.2, 0.25) is 0 Å². The first-order chi connectivity index (χ1) is 9.07. The van der Waals surface area contributed by atoms with E-state index in [1.807, 2.05) is 6.92 Å². The summed E-state index contributed by atoms with van der Waals surface area (Å²) in [7, 11) is 0. The molecule has 0 fully saturated rings. The molecule has 0 saturated heterocycles. The van der Waals surface area contributed by atoms with Crippen molar-refractivity contribution >= 4 is 11.3 Å². The van der Waals surface area contributed by atoms with Crippen molar-refractivity contribution in [3.63, 3.8) is 0 Å². The first-order valence-electron chi connectivity index (χ1n) is 6.26. The van der Waals surface area contributed by atoms with Crippen LogP contribution in [0.3, 0.4) is 0 Å². The van der Waals surface area contributed by atoms with Gasteiger partial charge in [0.15, 0.2) is 5.82 Å². The van der Waals surface area contributed by atoms with Gasteiger partial charge in [0.05, 0.1) is 18.6 Å². The van der Waals surface area contributed by atoms with E-state index in [1.54, 1.807) is 11.3 Å². The summed E-state index contributed by atoms with van der Waals surface area (Å²) in [5.74, 6) is 1.08. The molecule has 6 nitrogen and oxygen atoms in total. The molecule has 1 unspecified atom stereocenters. The number of rotatable bonds is 6. The number of hydrogen-bond acceptors (Lipinski definition) is 7. The lowest BCUT2D eigenvalue weighted by Crippen LogP contribution is -2.38. The Balaban J connectivity index is 2.06. The second kappa shape index (κ2) is 5.77. The van der Waals surface area contributed by atoms with Crippen molar-refractivity contribution in [1.82, 2.24) is 20.4 Å². The summed E-state index contributed by atoms with van der Waals surface area (Å²) >= 11 is 1.67. The van der Waals surface area contributed by atoms with Crippen LogP contribution in [-0.4, -0.2) is 15.1 Å². The summed E-state index contributed by atoms with van der Waals surface area (Å²) in [5, 5.41) is 10.5. The lowest BCUT2D eigenvalue weighted by molar-refractivity contribution is 0.334. The molecule has 0 aliphatic carbocycles. The molecule has 0 radical (unpaired) electrons. The van der Waals surface area contributed by atoms with Crippen LogP contribution in [0.4, 0.5) is 0 Å². The van der Waals surface area contributed by atoms with Gasteiger partial charge in [0, 0.05) is 11.1 Å². The van der Waals surface area contributed by atoms with Gasteiger partial charge in [0.25, 0.3) is 0 Å². The van der Waals surface area contributed by atoms with Crippen molar-refractivity contribution in [2.45, 2.75) is 45.8 Å². The normalized spacial score (nSPS) is 14.5. The highest BCUT2D eigenvalue weighted by Crippen LogP contribution is 2.27. The van der Waals surface area contributed by atoms with Gasteiger partial charge in [0.2, 0.25) is 5.89 Å². The number of thiazole rings is 1. The molecule has 3 N–H and O–H groups in total. The minimum atomic E-state index is -0.178. The summed E-state index contributed by atoms with van der Waals surface area (Å²) in [6.45, 7) is 7.07. The fourth-order valence-electron chi connectivity index (χ4n) is 1.68. The van der Waals surface area contributed by atoms with Gasteiger partial charge in [-0.1, -0.05) is 12.1 Å². The van der Waals surface area contributed by atoms with E-state index in [9.17, 15) is 0 Å². The zero-order chi connectivity index (χ0) is 13.9. The van der Waals surface area contributed by atoms with Crippen LogP contribution in [0.5, 0.6) is 0 Å². The first-order valence-corrected chi connectivity index (χ1v) is 7.14. The van der Waals surface area contributed by atoms with Crippen LogP contribution < -0.4 is 11.1 Å². The standard InChI is InChI=1S/C12H19N5OS/c1-4-12(3,11-15-8(2)7-19-11)14-6-9-16-10(5-13)18-17-9/h7,14H,4-6,13H2,1-3H3. The smallest absolute Gasteiger partial charge is 0.240 e. The van der Waals surface area contributed by atoms with E-state index in [-0.39, 0.29) is 12.1 Å². The fourth-order valence-corrected chi connectivity index (χ4v) is 2.69. The second-order valence-electron chi connectivity index (χ2n) is 4.64. The maximum Gasteiger partial charge on any atom is 0.240 e. The molecule has 0 saturated carbocycles. The predicted octanol–water partition coefficient (Wildman–Crippen LogP) is 1.71. The van der Waals surface area contributed by atoms with Gasteiger partial charge < -0.3 is 10.3 Å². The van der Waals surface area contributed by atoms with Crippen molar-refractivity contribution in [3.05, 3.63) is 27.8 Å². The average Bonchev–Trinajstić information content (AvgIpc) is 3.05. The molecule has 0 spiro atoms. The summed E-state index contributed by atoms with van der Waals surface area (Å²) in [6, 6.07) is 0. The summed E-state index contributed by atoms with van der Waals surface area (Å²) in [5.41, 5.74) is 6.31. The van der Waals surface area contributed by atoms with E-state index in [0.717, 1.165) is 17.1 Å². The lowest BCUT2D eigenvalue weighted by atomic mass is 10.00. The van der Waals surface area contributed by atoms with Crippen LogP contribution in [0.1, 0.15) is 42.7 Å².